The zero-order valence-electron chi connectivity index (χ0n) is 7.65. The Morgan fingerprint density at radius 3 is 2.29 bits per heavy atom. The van der Waals surface area contributed by atoms with Gasteiger partial charge in [0.15, 0.2) is 0 Å². The molecule has 0 fully saturated rings. The fraction of sp³-hybridized carbons (Fsp3) is 0.556. The molecule has 0 bridgehead atoms. The molecule has 0 aromatic heterocycles. The molecule has 0 aromatic rings. The van der Waals surface area contributed by atoms with Crippen molar-refractivity contribution in [2.75, 3.05) is 0 Å². The molecule has 0 saturated carbocycles. The number of hydrogen-bond donors (Lipinski definition) is 2. The van der Waals surface area contributed by atoms with Crippen molar-refractivity contribution in [3.8, 4) is 0 Å². The number of hydrogen-bond acceptors (Lipinski definition) is 2. The van der Waals surface area contributed by atoms with E-state index >= 15 is 0 Å². The molecule has 0 aromatic carbocycles. The number of aliphatic carboxylic acids is 2. The Kier molecular flexibility index (Phi) is 5.95. The molecule has 0 unspecified atom stereocenters. The Morgan fingerprint density at radius 1 is 1.36 bits per heavy atom. The average molecular weight is 221 g/mol. The molecule has 4 nitrogen and oxygen atoms in total. The lowest BCUT2D eigenvalue weighted by molar-refractivity contribution is -0.148. The van der Waals surface area contributed by atoms with Crippen LogP contribution in [0.2, 0.25) is 0 Å². The maximum absolute atomic E-state index is 10.7. The lowest BCUT2D eigenvalue weighted by Gasteiger charge is -2.13. The zero-order chi connectivity index (χ0) is 11.1. The minimum absolute atomic E-state index is 0.252. The molecule has 0 heterocycles. The van der Waals surface area contributed by atoms with Gasteiger partial charge in [-0.05, 0) is 19.3 Å². The molecule has 80 valence electrons. The van der Waals surface area contributed by atoms with Crippen LogP contribution in [0.1, 0.15) is 19.3 Å². The third-order valence-electron chi connectivity index (χ3n) is 1.83. The maximum atomic E-state index is 10.7. The van der Waals surface area contributed by atoms with Gasteiger partial charge in [-0.2, -0.15) is 0 Å². The van der Waals surface area contributed by atoms with Gasteiger partial charge in [0.05, 0.1) is 5.92 Å². The largest absolute Gasteiger partial charge is 0.481 e. The van der Waals surface area contributed by atoms with Gasteiger partial charge in [-0.15, -0.1) is 18.2 Å². The van der Waals surface area contributed by atoms with Crippen LogP contribution >= 0.6 is 11.6 Å². The molecule has 0 spiro atoms. The van der Waals surface area contributed by atoms with Gasteiger partial charge in [-0.3, -0.25) is 9.59 Å². The van der Waals surface area contributed by atoms with E-state index in [0.29, 0.717) is 12.8 Å². The van der Waals surface area contributed by atoms with Crippen molar-refractivity contribution in [2.24, 2.45) is 5.92 Å². The summed E-state index contributed by atoms with van der Waals surface area (Å²) in [6.07, 6.45) is 3.15. The quantitative estimate of drug-likeness (QED) is 0.389. The van der Waals surface area contributed by atoms with Gasteiger partial charge < -0.3 is 10.2 Å². The predicted molar refractivity (Wildman–Crippen MR) is 52.5 cm³/mol. The first-order valence-corrected chi connectivity index (χ1v) is 4.65. The van der Waals surface area contributed by atoms with Gasteiger partial charge in [-0.1, -0.05) is 6.08 Å². The summed E-state index contributed by atoms with van der Waals surface area (Å²) >= 11 is 5.45. The zero-order valence-corrected chi connectivity index (χ0v) is 8.41. The second-order valence-corrected chi connectivity index (χ2v) is 3.37. The van der Waals surface area contributed by atoms with Crippen molar-refractivity contribution in [1.82, 2.24) is 0 Å². The van der Waals surface area contributed by atoms with Crippen LogP contribution in [0.4, 0.5) is 0 Å². The highest BCUT2D eigenvalue weighted by Crippen LogP contribution is 2.18. The molecule has 2 atom stereocenters. The third-order valence-corrected chi connectivity index (χ3v) is 2.32. The molecule has 0 amide bonds. The summed E-state index contributed by atoms with van der Waals surface area (Å²) in [5.41, 5.74) is 0. The first kappa shape index (κ1) is 13.0. The van der Waals surface area contributed by atoms with E-state index in [1.54, 1.807) is 6.08 Å². The van der Waals surface area contributed by atoms with Crippen LogP contribution in [0, 0.1) is 5.92 Å². The van der Waals surface area contributed by atoms with Crippen molar-refractivity contribution < 1.29 is 19.8 Å². The molecule has 0 radical (unpaired) electrons. The van der Waals surface area contributed by atoms with Crippen LogP contribution in [0.25, 0.3) is 0 Å². The second-order valence-electron chi connectivity index (χ2n) is 2.90. The van der Waals surface area contributed by atoms with Gasteiger partial charge in [-0.25, -0.2) is 0 Å². The summed E-state index contributed by atoms with van der Waals surface area (Å²) in [6.45, 7) is 3.49. The minimum Gasteiger partial charge on any atom is -0.481 e. The SMILES string of the molecule is C=CCCC[C@@H](C(=O)O)[C@@H](Cl)C(=O)O. The molecule has 2 N–H and O–H groups in total. The summed E-state index contributed by atoms with van der Waals surface area (Å²) in [5, 5.41) is 15.9. The van der Waals surface area contributed by atoms with Crippen LogP contribution < -0.4 is 0 Å². The van der Waals surface area contributed by atoms with Crippen LogP contribution in [0.3, 0.4) is 0 Å². The summed E-state index contributed by atoms with van der Waals surface area (Å²) in [7, 11) is 0. The third kappa shape index (κ3) is 4.28. The number of allylic oxidation sites excluding steroid dienone is 1. The molecular weight excluding hydrogens is 208 g/mol. The lowest BCUT2D eigenvalue weighted by Crippen LogP contribution is -2.30. The van der Waals surface area contributed by atoms with Gasteiger partial charge >= 0.3 is 11.9 Å². The second kappa shape index (κ2) is 6.43. The number of carbonyl (C=O) groups is 2. The molecule has 0 aliphatic carbocycles. The molecule has 0 aliphatic rings. The van der Waals surface area contributed by atoms with Crippen LogP contribution in [0.5, 0.6) is 0 Å². The Labute approximate surface area is 87.2 Å². The number of alkyl halides is 1. The minimum atomic E-state index is -1.36. The highest BCUT2D eigenvalue weighted by Gasteiger charge is 2.31. The van der Waals surface area contributed by atoms with E-state index in [2.05, 4.69) is 6.58 Å². The van der Waals surface area contributed by atoms with E-state index in [1.165, 1.54) is 0 Å². The van der Waals surface area contributed by atoms with E-state index in [0.717, 1.165) is 0 Å². The standard InChI is InChI=1S/C9H13ClO4/c1-2-3-4-5-6(8(11)12)7(10)9(13)14/h2,6-7H,1,3-5H2,(H,11,12)(H,13,14)/t6-,7-/m1/s1. The monoisotopic (exact) mass is 220 g/mol. The molecule has 5 heteroatoms. The predicted octanol–water partition coefficient (Wildman–Crippen LogP) is 1.74. The topological polar surface area (TPSA) is 74.6 Å². The van der Waals surface area contributed by atoms with Crippen molar-refractivity contribution in [1.29, 1.82) is 0 Å². The summed E-state index contributed by atoms with van der Waals surface area (Å²) in [4.78, 5) is 21.1. The van der Waals surface area contributed by atoms with Crippen molar-refractivity contribution in [2.45, 2.75) is 24.6 Å². The van der Waals surface area contributed by atoms with Crippen LogP contribution in [-0.4, -0.2) is 27.5 Å². The van der Waals surface area contributed by atoms with Gasteiger partial charge in [0.25, 0.3) is 0 Å². The van der Waals surface area contributed by atoms with E-state index < -0.39 is 23.2 Å². The van der Waals surface area contributed by atoms with E-state index in [-0.39, 0.29) is 6.42 Å². The first-order valence-electron chi connectivity index (χ1n) is 4.21. The Morgan fingerprint density at radius 2 is 1.93 bits per heavy atom. The van der Waals surface area contributed by atoms with Crippen molar-refractivity contribution in [3.63, 3.8) is 0 Å². The normalized spacial score (nSPS) is 14.4. The summed E-state index contributed by atoms with van der Waals surface area (Å²) in [6, 6.07) is 0. The summed E-state index contributed by atoms with van der Waals surface area (Å²) < 4.78 is 0. The van der Waals surface area contributed by atoms with E-state index in [9.17, 15) is 9.59 Å². The number of carboxylic acids is 2. The highest BCUT2D eigenvalue weighted by atomic mass is 35.5. The number of unbranched alkanes of at least 4 members (excludes halogenated alkanes) is 1. The first-order chi connectivity index (χ1) is 6.50. The number of halogens is 1. The molecule has 0 saturated heterocycles. The maximum Gasteiger partial charge on any atom is 0.322 e. The Bertz CT molecular complexity index is 227. The smallest absolute Gasteiger partial charge is 0.322 e. The summed E-state index contributed by atoms with van der Waals surface area (Å²) in [5.74, 6) is -3.50. The van der Waals surface area contributed by atoms with Crippen molar-refractivity contribution >= 4 is 23.5 Å². The van der Waals surface area contributed by atoms with Gasteiger partial charge in [0.2, 0.25) is 0 Å². The fourth-order valence-corrected chi connectivity index (χ4v) is 1.28. The van der Waals surface area contributed by atoms with E-state index in [4.69, 9.17) is 21.8 Å². The molecular formula is C9H13ClO4. The van der Waals surface area contributed by atoms with Crippen LogP contribution in [0.15, 0.2) is 12.7 Å². The highest BCUT2D eigenvalue weighted by molar-refractivity contribution is 6.30. The Balaban J connectivity index is 4.21. The number of rotatable bonds is 7. The molecule has 14 heavy (non-hydrogen) atoms. The lowest BCUT2D eigenvalue weighted by atomic mass is 9.98. The van der Waals surface area contributed by atoms with Gasteiger partial charge in [0, 0.05) is 0 Å². The average Bonchev–Trinajstić information content (AvgIpc) is 2.10. The van der Waals surface area contributed by atoms with Crippen LogP contribution in [-0.2, 0) is 9.59 Å². The fourth-order valence-electron chi connectivity index (χ4n) is 1.05. The van der Waals surface area contributed by atoms with Gasteiger partial charge in [0.1, 0.15) is 5.38 Å². The molecule has 0 rings (SSSR count). The Hall–Kier alpha value is -1.03. The number of carboxylic acid groups (broad SMARTS) is 2. The molecule has 0 aliphatic heterocycles. The van der Waals surface area contributed by atoms with E-state index in [1.807, 2.05) is 0 Å². The van der Waals surface area contributed by atoms with Crippen molar-refractivity contribution in [3.05, 3.63) is 12.7 Å².